The van der Waals surface area contributed by atoms with Crippen LogP contribution in [-0.2, 0) is 11.3 Å². The minimum Gasteiger partial charge on any atom is -0.464 e. The van der Waals surface area contributed by atoms with Crippen molar-refractivity contribution in [3.05, 3.63) is 11.5 Å². The van der Waals surface area contributed by atoms with Gasteiger partial charge in [-0.1, -0.05) is 13.8 Å². The predicted molar refractivity (Wildman–Crippen MR) is 75.1 cm³/mol. The molecule has 1 rings (SSSR count). The molecular formula is C13H24N4O2. The minimum atomic E-state index is -0.486. The van der Waals surface area contributed by atoms with Crippen molar-refractivity contribution >= 4 is 11.8 Å². The molecule has 0 amide bonds. The number of imidazole rings is 1. The monoisotopic (exact) mass is 268 g/mol. The average Bonchev–Trinajstić information content (AvgIpc) is 2.69. The zero-order valence-electron chi connectivity index (χ0n) is 12.3. The largest absolute Gasteiger partial charge is 0.464 e. The van der Waals surface area contributed by atoms with Crippen LogP contribution >= 0.6 is 0 Å². The lowest BCUT2D eigenvalue weighted by atomic mass is 10.4. The number of methoxy groups -OCH3 is 1. The Bertz CT molecular complexity index is 429. The summed E-state index contributed by atoms with van der Waals surface area (Å²) >= 11 is 0. The van der Waals surface area contributed by atoms with Gasteiger partial charge >= 0.3 is 5.97 Å². The lowest BCUT2D eigenvalue weighted by molar-refractivity contribution is 0.0595. The van der Waals surface area contributed by atoms with Gasteiger partial charge in [0.05, 0.1) is 7.11 Å². The maximum absolute atomic E-state index is 11.5. The summed E-state index contributed by atoms with van der Waals surface area (Å²) in [6, 6.07) is 0. The van der Waals surface area contributed by atoms with Crippen LogP contribution in [0.25, 0.3) is 0 Å². The van der Waals surface area contributed by atoms with Crippen LogP contribution in [0, 0.1) is 6.92 Å². The number of likely N-dealkylation sites (N-methyl/N-ethyl adjacent to an activating group) is 1. The van der Waals surface area contributed by atoms with Crippen LogP contribution in [0.5, 0.6) is 0 Å². The van der Waals surface area contributed by atoms with Crippen LogP contribution in [0.2, 0.25) is 0 Å². The molecule has 6 heteroatoms. The van der Waals surface area contributed by atoms with E-state index >= 15 is 0 Å². The van der Waals surface area contributed by atoms with Crippen LogP contribution in [0.1, 0.15) is 36.6 Å². The van der Waals surface area contributed by atoms with Gasteiger partial charge in [-0.3, -0.25) is 0 Å². The molecule has 0 aromatic carbocycles. The van der Waals surface area contributed by atoms with E-state index in [9.17, 15) is 4.79 Å². The standard InChI is InChI=1S/C13H24N4O2/c1-5-7-16(6-2)8-9-17-10(3)15-11(12(17)14)13(18)19-4/h5-9,14H2,1-4H3. The van der Waals surface area contributed by atoms with Gasteiger partial charge in [-0.15, -0.1) is 0 Å². The maximum atomic E-state index is 11.5. The molecule has 0 unspecified atom stereocenters. The van der Waals surface area contributed by atoms with Crippen LogP contribution in [0.15, 0.2) is 0 Å². The zero-order valence-corrected chi connectivity index (χ0v) is 12.3. The van der Waals surface area contributed by atoms with E-state index in [1.807, 2.05) is 11.5 Å². The fourth-order valence-electron chi connectivity index (χ4n) is 2.10. The van der Waals surface area contributed by atoms with Gasteiger partial charge in [-0.05, 0) is 26.4 Å². The Balaban J connectivity index is 2.78. The van der Waals surface area contributed by atoms with Gasteiger partial charge < -0.3 is 19.9 Å². The fourth-order valence-corrected chi connectivity index (χ4v) is 2.10. The minimum absolute atomic E-state index is 0.207. The van der Waals surface area contributed by atoms with Crippen molar-refractivity contribution in [2.24, 2.45) is 0 Å². The Morgan fingerprint density at radius 3 is 2.63 bits per heavy atom. The van der Waals surface area contributed by atoms with Gasteiger partial charge in [-0.2, -0.15) is 0 Å². The lowest BCUT2D eigenvalue weighted by Gasteiger charge is -2.20. The lowest BCUT2D eigenvalue weighted by Crippen LogP contribution is -2.28. The van der Waals surface area contributed by atoms with E-state index in [0.29, 0.717) is 5.82 Å². The topological polar surface area (TPSA) is 73.4 Å². The first kappa shape index (κ1) is 15.5. The molecule has 0 saturated heterocycles. The number of esters is 1. The Morgan fingerprint density at radius 2 is 2.11 bits per heavy atom. The molecule has 19 heavy (non-hydrogen) atoms. The van der Waals surface area contributed by atoms with Crippen molar-refractivity contribution < 1.29 is 9.53 Å². The second kappa shape index (κ2) is 7.13. The van der Waals surface area contributed by atoms with Crippen molar-refractivity contribution in [2.75, 3.05) is 32.5 Å². The number of nitrogens with zero attached hydrogens (tertiary/aromatic N) is 3. The second-order valence-electron chi connectivity index (χ2n) is 4.47. The Kier molecular flexibility index (Phi) is 5.82. The van der Waals surface area contributed by atoms with Gasteiger partial charge in [0.15, 0.2) is 5.69 Å². The maximum Gasteiger partial charge on any atom is 0.360 e. The highest BCUT2D eigenvalue weighted by Crippen LogP contribution is 2.15. The molecule has 1 heterocycles. The molecule has 0 aliphatic rings. The van der Waals surface area contributed by atoms with Crippen molar-refractivity contribution in [1.82, 2.24) is 14.5 Å². The van der Waals surface area contributed by atoms with Crippen LogP contribution in [-0.4, -0.2) is 47.2 Å². The third-order valence-corrected chi connectivity index (χ3v) is 3.20. The summed E-state index contributed by atoms with van der Waals surface area (Å²) in [7, 11) is 1.33. The van der Waals surface area contributed by atoms with E-state index < -0.39 is 5.97 Å². The summed E-state index contributed by atoms with van der Waals surface area (Å²) in [5.41, 5.74) is 6.17. The first-order chi connectivity index (χ1) is 9.04. The number of rotatable bonds is 7. The highest BCUT2D eigenvalue weighted by atomic mass is 16.5. The van der Waals surface area contributed by atoms with Crippen molar-refractivity contribution in [1.29, 1.82) is 0 Å². The quantitative estimate of drug-likeness (QED) is 0.754. The smallest absolute Gasteiger partial charge is 0.360 e. The van der Waals surface area contributed by atoms with Gasteiger partial charge in [0.25, 0.3) is 0 Å². The number of anilines is 1. The molecule has 0 radical (unpaired) electrons. The summed E-state index contributed by atoms with van der Waals surface area (Å²) < 4.78 is 6.53. The summed E-state index contributed by atoms with van der Waals surface area (Å²) in [5.74, 6) is 0.641. The van der Waals surface area contributed by atoms with Gasteiger partial charge in [-0.25, -0.2) is 9.78 Å². The van der Waals surface area contributed by atoms with E-state index in [4.69, 9.17) is 5.73 Å². The average molecular weight is 268 g/mol. The molecule has 1 aromatic rings. The predicted octanol–water partition coefficient (Wildman–Crippen LogP) is 1.29. The fraction of sp³-hybridized carbons (Fsp3) is 0.692. The molecule has 6 nitrogen and oxygen atoms in total. The van der Waals surface area contributed by atoms with E-state index in [1.54, 1.807) is 0 Å². The van der Waals surface area contributed by atoms with Crippen LogP contribution in [0.3, 0.4) is 0 Å². The van der Waals surface area contributed by atoms with Crippen LogP contribution < -0.4 is 5.73 Å². The third kappa shape index (κ3) is 3.70. The summed E-state index contributed by atoms with van der Waals surface area (Å²) in [5, 5.41) is 0. The number of carbonyl (C=O) groups excluding carboxylic acids is 1. The number of hydrogen-bond acceptors (Lipinski definition) is 5. The zero-order chi connectivity index (χ0) is 14.4. The second-order valence-corrected chi connectivity index (χ2v) is 4.47. The van der Waals surface area contributed by atoms with Gasteiger partial charge in [0.2, 0.25) is 0 Å². The molecule has 0 spiro atoms. The first-order valence-electron chi connectivity index (χ1n) is 6.68. The normalized spacial score (nSPS) is 11.0. The number of nitrogens with two attached hydrogens (primary N) is 1. The van der Waals surface area contributed by atoms with Crippen LogP contribution in [0.4, 0.5) is 5.82 Å². The Morgan fingerprint density at radius 1 is 1.42 bits per heavy atom. The van der Waals surface area contributed by atoms with E-state index in [-0.39, 0.29) is 5.69 Å². The Hall–Kier alpha value is -1.56. The molecule has 1 aromatic heterocycles. The molecule has 0 atom stereocenters. The number of nitrogen functional groups attached to an aromatic ring is 1. The van der Waals surface area contributed by atoms with Gasteiger partial charge in [0.1, 0.15) is 11.6 Å². The van der Waals surface area contributed by atoms with E-state index in [2.05, 4.69) is 28.5 Å². The molecule has 0 fully saturated rings. The molecular weight excluding hydrogens is 244 g/mol. The number of hydrogen-bond donors (Lipinski definition) is 1. The van der Waals surface area contributed by atoms with Crippen molar-refractivity contribution in [3.8, 4) is 0 Å². The molecule has 108 valence electrons. The number of ether oxygens (including phenoxy) is 1. The van der Waals surface area contributed by atoms with E-state index in [1.165, 1.54) is 7.11 Å². The summed E-state index contributed by atoms with van der Waals surface area (Å²) in [6.07, 6.45) is 1.12. The number of aromatic nitrogens is 2. The van der Waals surface area contributed by atoms with E-state index in [0.717, 1.165) is 38.4 Å². The number of aryl methyl sites for hydroxylation is 1. The summed E-state index contributed by atoms with van der Waals surface area (Å²) in [4.78, 5) is 18.0. The third-order valence-electron chi connectivity index (χ3n) is 3.20. The molecule has 0 bridgehead atoms. The summed E-state index contributed by atoms with van der Waals surface area (Å²) in [6.45, 7) is 9.84. The van der Waals surface area contributed by atoms with Crippen molar-refractivity contribution in [3.63, 3.8) is 0 Å². The highest BCUT2D eigenvalue weighted by Gasteiger charge is 2.19. The van der Waals surface area contributed by atoms with Gasteiger partial charge in [0, 0.05) is 13.1 Å². The Labute approximate surface area is 114 Å². The molecule has 0 aliphatic heterocycles. The van der Waals surface area contributed by atoms with Crippen molar-refractivity contribution in [2.45, 2.75) is 33.7 Å². The molecule has 2 N–H and O–H groups in total. The SMILES string of the molecule is CCCN(CC)CCn1c(C)nc(C(=O)OC)c1N. The number of carbonyl (C=O) groups is 1. The molecule has 0 saturated carbocycles. The molecule has 0 aliphatic carbocycles. The first-order valence-corrected chi connectivity index (χ1v) is 6.68. The highest BCUT2D eigenvalue weighted by molar-refractivity contribution is 5.92.